The lowest BCUT2D eigenvalue weighted by Crippen LogP contribution is -2.21. The predicted octanol–water partition coefficient (Wildman–Crippen LogP) is 3.33. The van der Waals surface area contributed by atoms with Gasteiger partial charge in [0.15, 0.2) is 11.8 Å². The zero-order valence-electron chi connectivity index (χ0n) is 16.8. The minimum Gasteiger partial charge on any atom is -0.495 e. The first-order chi connectivity index (χ1) is 15.3. The van der Waals surface area contributed by atoms with Crippen LogP contribution in [0.25, 0.3) is 0 Å². The van der Waals surface area contributed by atoms with Gasteiger partial charge in [0.1, 0.15) is 12.1 Å². The molecule has 11 nitrogen and oxygen atoms in total. The second kappa shape index (κ2) is 10.1. The average Bonchev–Trinajstić information content (AvgIpc) is 3.16. The lowest BCUT2D eigenvalue weighted by Gasteiger charge is -2.09. The molecule has 1 aromatic heterocycles. The van der Waals surface area contributed by atoms with Crippen LogP contribution in [0.4, 0.5) is 11.4 Å². The van der Waals surface area contributed by atoms with Gasteiger partial charge in [0, 0.05) is 18.8 Å². The molecule has 0 bridgehead atoms. The van der Waals surface area contributed by atoms with Gasteiger partial charge in [-0.1, -0.05) is 11.6 Å². The lowest BCUT2D eigenvalue weighted by atomic mass is 10.2. The summed E-state index contributed by atoms with van der Waals surface area (Å²) in [6.45, 7) is -0.592. The van der Waals surface area contributed by atoms with Gasteiger partial charge in [-0.25, -0.2) is 4.79 Å². The molecule has 0 unspecified atom stereocenters. The van der Waals surface area contributed by atoms with Crippen molar-refractivity contribution in [1.29, 1.82) is 0 Å². The number of nitrogens with zero attached hydrogens (tertiary/aromatic N) is 4. The molecule has 0 aliphatic rings. The number of hydrogen-bond donors (Lipinski definition) is 1. The first-order valence-corrected chi connectivity index (χ1v) is 10.1. The first-order valence-electron chi connectivity index (χ1n) is 8.89. The normalized spacial score (nSPS) is 10.5. The fourth-order valence-electron chi connectivity index (χ4n) is 2.49. The molecule has 1 amide bonds. The van der Waals surface area contributed by atoms with Crippen molar-refractivity contribution in [3.8, 4) is 5.75 Å². The molecule has 1 heterocycles. The van der Waals surface area contributed by atoms with Crippen molar-refractivity contribution in [3.05, 3.63) is 63.4 Å². The van der Waals surface area contributed by atoms with Crippen molar-refractivity contribution in [3.63, 3.8) is 0 Å². The van der Waals surface area contributed by atoms with Crippen LogP contribution in [0.15, 0.2) is 52.8 Å². The largest absolute Gasteiger partial charge is 0.495 e. The molecule has 0 radical (unpaired) electrons. The first kappa shape index (κ1) is 23.0. The molecule has 166 valence electrons. The Hall–Kier alpha value is -3.64. The molecule has 0 saturated heterocycles. The number of ether oxygens (including phenoxy) is 2. The number of halogens is 1. The summed E-state index contributed by atoms with van der Waals surface area (Å²) in [6.07, 6.45) is 1.46. The summed E-state index contributed by atoms with van der Waals surface area (Å²) >= 11 is 7.03. The molecule has 32 heavy (non-hydrogen) atoms. The molecule has 2 aromatic carbocycles. The van der Waals surface area contributed by atoms with Gasteiger partial charge in [0.25, 0.3) is 11.6 Å². The molecule has 0 saturated carbocycles. The topological polar surface area (TPSA) is 138 Å². The fraction of sp³-hybridized carbons (Fsp3) is 0.158. The Balaban J connectivity index is 1.65. The SMILES string of the molecule is COc1ccc(NC(=O)COC(=O)c2ccc(Sc3nncn3C)c([N+](=O)[O-])c2)cc1Cl. The molecular weight excluding hydrogens is 462 g/mol. The standard InChI is InChI=1S/C19H16ClN5O6S/c1-24-10-21-23-19(24)32-16-6-3-11(7-14(16)25(28)29)18(27)31-9-17(26)22-12-4-5-15(30-2)13(20)8-12/h3-8,10H,9H2,1-2H3,(H,22,26). The van der Waals surface area contributed by atoms with Crippen LogP contribution in [0, 0.1) is 10.1 Å². The summed E-state index contributed by atoms with van der Waals surface area (Å²) in [5.74, 6) is -1.05. The van der Waals surface area contributed by atoms with Crippen molar-refractivity contribution < 1.29 is 24.0 Å². The molecule has 0 spiro atoms. The van der Waals surface area contributed by atoms with Gasteiger partial charge in [-0.15, -0.1) is 10.2 Å². The fourth-order valence-corrected chi connectivity index (χ4v) is 3.60. The monoisotopic (exact) mass is 477 g/mol. The van der Waals surface area contributed by atoms with E-state index in [0.717, 1.165) is 17.8 Å². The predicted molar refractivity (Wildman–Crippen MR) is 115 cm³/mol. The number of carbonyl (C=O) groups is 2. The van der Waals surface area contributed by atoms with Gasteiger partial charge < -0.3 is 19.4 Å². The van der Waals surface area contributed by atoms with Crippen LogP contribution in [-0.4, -0.2) is 45.3 Å². The van der Waals surface area contributed by atoms with Crippen LogP contribution in [0.3, 0.4) is 0 Å². The Bertz CT molecular complexity index is 1180. The summed E-state index contributed by atoms with van der Waals surface area (Å²) in [7, 11) is 3.16. The van der Waals surface area contributed by atoms with Gasteiger partial charge >= 0.3 is 5.97 Å². The molecule has 3 aromatic rings. The number of methoxy groups -OCH3 is 1. The number of nitro benzene ring substituents is 1. The Morgan fingerprint density at radius 3 is 2.69 bits per heavy atom. The zero-order chi connectivity index (χ0) is 23.3. The highest BCUT2D eigenvalue weighted by molar-refractivity contribution is 7.99. The van der Waals surface area contributed by atoms with Gasteiger partial charge in [-0.05, 0) is 42.1 Å². The second-order valence-corrected chi connectivity index (χ2v) is 7.66. The number of nitrogens with one attached hydrogen (secondary N) is 1. The number of carbonyl (C=O) groups excluding carboxylic acids is 2. The third kappa shape index (κ3) is 5.53. The van der Waals surface area contributed by atoms with E-state index in [9.17, 15) is 19.7 Å². The van der Waals surface area contributed by atoms with Crippen LogP contribution in [0.1, 0.15) is 10.4 Å². The van der Waals surface area contributed by atoms with Crippen LogP contribution in [0.5, 0.6) is 5.75 Å². The zero-order valence-corrected chi connectivity index (χ0v) is 18.3. The van der Waals surface area contributed by atoms with Crippen LogP contribution in [0.2, 0.25) is 5.02 Å². The molecule has 13 heteroatoms. The highest BCUT2D eigenvalue weighted by Gasteiger charge is 2.21. The number of benzene rings is 2. The number of anilines is 1. The van der Waals surface area contributed by atoms with Crippen molar-refractivity contribution in [1.82, 2.24) is 14.8 Å². The van der Waals surface area contributed by atoms with E-state index in [0.29, 0.717) is 21.6 Å². The molecule has 1 N–H and O–H groups in total. The van der Waals surface area contributed by atoms with Crippen molar-refractivity contribution in [2.24, 2.45) is 7.05 Å². The highest BCUT2D eigenvalue weighted by Crippen LogP contribution is 2.34. The van der Waals surface area contributed by atoms with Gasteiger partial charge in [-0.2, -0.15) is 0 Å². The van der Waals surface area contributed by atoms with Crippen LogP contribution < -0.4 is 10.1 Å². The molecule has 3 rings (SSSR count). The number of hydrogen-bond acceptors (Lipinski definition) is 9. The molecule has 0 aliphatic carbocycles. The van der Waals surface area contributed by atoms with Crippen molar-refractivity contribution >= 4 is 46.6 Å². The lowest BCUT2D eigenvalue weighted by molar-refractivity contribution is -0.387. The van der Waals surface area contributed by atoms with E-state index in [1.165, 1.54) is 31.6 Å². The number of aryl methyl sites for hydroxylation is 1. The van der Waals surface area contributed by atoms with E-state index < -0.39 is 23.4 Å². The molecule has 0 fully saturated rings. The van der Waals surface area contributed by atoms with Gasteiger partial charge in [0.05, 0.1) is 27.5 Å². The van der Waals surface area contributed by atoms with E-state index >= 15 is 0 Å². The Morgan fingerprint density at radius 1 is 1.28 bits per heavy atom. The number of esters is 1. The maximum Gasteiger partial charge on any atom is 0.338 e. The summed E-state index contributed by atoms with van der Waals surface area (Å²) in [6, 6.07) is 8.49. The molecular formula is C19H16ClN5O6S. The number of rotatable bonds is 8. The third-order valence-corrected chi connectivity index (χ3v) is 5.45. The summed E-state index contributed by atoms with van der Waals surface area (Å²) < 4.78 is 11.6. The Kier molecular flexibility index (Phi) is 7.28. The number of aromatic nitrogens is 3. The Morgan fingerprint density at radius 2 is 2.06 bits per heavy atom. The van der Waals surface area contributed by atoms with Gasteiger partial charge in [-0.3, -0.25) is 14.9 Å². The number of nitro groups is 1. The van der Waals surface area contributed by atoms with Gasteiger partial charge in [0.2, 0.25) is 0 Å². The van der Waals surface area contributed by atoms with Crippen molar-refractivity contribution in [2.45, 2.75) is 10.1 Å². The quantitative estimate of drug-likeness (QED) is 0.294. The van der Waals surface area contributed by atoms with E-state index in [2.05, 4.69) is 15.5 Å². The molecule has 0 atom stereocenters. The summed E-state index contributed by atoms with van der Waals surface area (Å²) in [5, 5.41) is 22.3. The highest BCUT2D eigenvalue weighted by atomic mass is 35.5. The smallest absolute Gasteiger partial charge is 0.338 e. The molecule has 0 aliphatic heterocycles. The average molecular weight is 478 g/mol. The maximum absolute atomic E-state index is 12.3. The minimum absolute atomic E-state index is 0.0701. The van der Waals surface area contributed by atoms with E-state index in [-0.39, 0.29) is 16.1 Å². The van der Waals surface area contributed by atoms with Crippen molar-refractivity contribution in [2.75, 3.05) is 19.0 Å². The van der Waals surface area contributed by atoms with Crippen LogP contribution in [-0.2, 0) is 16.6 Å². The second-order valence-electron chi connectivity index (χ2n) is 6.24. The number of amides is 1. The summed E-state index contributed by atoms with van der Waals surface area (Å²) in [4.78, 5) is 35.5. The maximum atomic E-state index is 12.3. The summed E-state index contributed by atoms with van der Waals surface area (Å²) in [5.41, 5.74) is 0.0155. The van der Waals surface area contributed by atoms with E-state index in [1.54, 1.807) is 23.7 Å². The van der Waals surface area contributed by atoms with Crippen LogP contribution >= 0.6 is 23.4 Å². The van der Waals surface area contributed by atoms with E-state index in [4.69, 9.17) is 21.1 Å². The Labute approximate surface area is 190 Å². The minimum atomic E-state index is -0.883. The van der Waals surface area contributed by atoms with E-state index in [1.807, 2.05) is 0 Å². The third-order valence-electron chi connectivity index (χ3n) is 4.03.